The summed E-state index contributed by atoms with van der Waals surface area (Å²) in [6, 6.07) is 5.69. The summed E-state index contributed by atoms with van der Waals surface area (Å²) >= 11 is 1.56. The molecule has 0 saturated carbocycles. The van der Waals surface area contributed by atoms with Crippen molar-refractivity contribution < 1.29 is 13.2 Å². The number of anilines is 1. The van der Waals surface area contributed by atoms with Crippen LogP contribution in [0.4, 0.5) is 5.69 Å². The van der Waals surface area contributed by atoms with Gasteiger partial charge in [0, 0.05) is 24.7 Å². The number of hydrogen-bond donors (Lipinski definition) is 1. The van der Waals surface area contributed by atoms with E-state index in [1.807, 2.05) is 30.1 Å². The summed E-state index contributed by atoms with van der Waals surface area (Å²) in [6.45, 7) is 0.547. The van der Waals surface area contributed by atoms with Crippen molar-refractivity contribution in [3.63, 3.8) is 0 Å². The molecule has 2 heterocycles. The summed E-state index contributed by atoms with van der Waals surface area (Å²) in [5.74, 6) is 0.375. The Kier molecular flexibility index (Phi) is 4.65. The summed E-state index contributed by atoms with van der Waals surface area (Å²) in [7, 11) is -1.02. The predicted molar refractivity (Wildman–Crippen MR) is 92.6 cm³/mol. The molecule has 0 bridgehead atoms. The second-order valence-corrected chi connectivity index (χ2v) is 8.99. The highest BCUT2D eigenvalue weighted by Gasteiger charge is 2.30. The highest BCUT2D eigenvalue weighted by atomic mass is 32.2. The second kappa shape index (κ2) is 6.54. The molecule has 1 N–H and O–H groups in total. The van der Waals surface area contributed by atoms with Crippen LogP contribution in [0, 0.1) is 0 Å². The first kappa shape index (κ1) is 16.4. The SMILES string of the molecule is CN(CCC(=O)Nc1ccc2scnc2c1)C1CCS(=O)(=O)C1. The van der Waals surface area contributed by atoms with E-state index in [0.717, 1.165) is 15.9 Å². The van der Waals surface area contributed by atoms with Gasteiger partial charge in [0.15, 0.2) is 9.84 Å². The molecule has 1 atom stereocenters. The number of benzene rings is 1. The lowest BCUT2D eigenvalue weighted by Gasteiger charge is -2.22. The van der Waals surface area contributed by atoms with Gasteiger partial charge in [0.05, 0.1) is 27.2 Å². The van der Waals surface area contributed by atoms with Crippen molar-refractivity contribution in [3.8, 4) is 0 Å². The zero-order valence-corrected chi connectivity index (χ0v) is 14.5. The van der Waals surface area contributed by atoms with E-state index in [1.54, 1.807) is 16.8 Å². The molecule has 23 heavy (non-hydrogen) atoms. The summed E-state index contributed by atoms with van der Waals surface area (Å²) in [4.78, 5) is 18.3. The number of amides is 1. The molecule has 6 nitrogen and oxygen atoms in total. The Morgan fingerprint density at radius 1 is 1.48 bits per heavy atom. The van der Waals surface area contributed by atoms with Gasteiger partial charge in [0.25, 0.3) is 0 Å². The second-order valence-electron chi connectivity index (χ2n) is 5.87. The fraction of sp³-hybridized carbons (Fsp3) is 0.467. The largest absolute Gasteiger partial charge is 0.326 e. The summed E-state index contributed by atoms with van der Waals surface area (Å²) in [6.07, 6.45) is 0.989. The Morgan fingerprint density at radius 2 is 2.30 bits per heavy atom. The molecule has 1 unspecified atom stereocenters. The molecule has 1 aliphatic rings. The van der Waals surface area contributed by atoms with Crippen LogP contribution in [0.5, 0.6) is 0 Å². The van der Waals surface area contributed by atoms with Crippen molar-refractivity contribution in [1.29, 1.82) is 0 Å². The number of rotatable bonds is 5. The number of carbonyl (C=O) groups is 1. The minimum atomic E-state index is -2.89. The van der Waals surface area contributed by atoms with Gasteiger partial charge in [-0.2, -0.15) is 0 Å². The van der Waals surface area contributed by atoms with Crippen LogP contribution < -0.4 is 5.32 Å². The lowest BCUT2D eigenvalue weighted by atomic mass is 10.2. The van der Waals surface area contributed by atoms with Gasteiger partial charge in [-0.1, -0.05) is 0 Å². The molecule has 2 aromatic rings. The number of carbonyl (C=O) groups excluding carboxylic acids is 1. The molecule has 1 aromatic carbocycles. The number of fused-ring (bicyclic) bond motifs is 1. The monoisotopic (exact) mass is 353 g/mol. The maximum Gasteiger partial charge on any atom is 0.225 e. The van der Waals surface area contributed by atoms with Crippen LogP contribution in [-0.2, 0) is 14.6 Å². The Balaban J connectivity index is 1.51. The third kappa shape index (κ3) is 4.07. The van der Waals surface area contributed by atoms with Crippen molar-refractivity contribution >= 4 is 43.0 Å². The quantitative estimate of drug-likeness (QED) is 0.886. The van der Waals surface area contributed by atoms with Gasteiger partial charge < -0.3 is 10.2 Å². The molecule has 0 spiro atoms. The minimum absolute atomic E-state index is 0.0270. The third-order valence-electron chi connectivity index (χ3n) is 4.14. The first-order chi connectivity index (χ1) is 10.9. The van der Waals surface area contributed by atoms with E-state index < -0.39 is 9.84 Å². The molecule has 0 radical (unpaired) electrons. The van der Waals surface area contributed by atoms with Crippen LogP contribution in [0.15, 0.2) is 23.7 Å². The Labute approximate surface area is 139 Å². The van der Waals surface area contributed by atoms with Crippen LogP contribution >= 0.6 is 11.3 Å². The Bertz CT molecular complexity index is 816. The molecule has 1 amide bonds. The summed E-state index contributed by atoms with van der Waals surface area (Å²) < 4.78 is 24.1. The van der Waals surface area contributed by atoms with E-state index in [0.29, 0.717) is 19.4 Å². The van der Waals surface area contributed by atoms with Gasteiger partial charge in [-0.25, -0.2) is 13.4 Å². The standard InChI is InChI=1S/C15H19N3O3S2/c1-18(12-5-7-23(20,21)9-12)6-4-15(19)17-11-2-3-14-13(8-11)16-10-22-14/h2-3,8,10,12H,4-7,9H2,1H3,(H,17,19). The first-order valence-electron chi connectivity index (χ1n) is 7.47. The third-order valence-corrected chi connectivity index (χ3v) is 6.70. The maximum atomic E-state index is 12.1. The van der Waals surface area contributed by atoms with E-state index >= 15 is 0 Å². The normalized spacial score (nSPS) is 20.2. The number of nitrogens with zero attached hydrogens (tertiary/aromatic N) is 2. The molecular formula is C15H19N3O3S2. The van der Waals surface area contributed by atoms with Crippen LogP contribution in [-0.4, -0.2) is 55.3 Å². The van der Waals surface area contributed by atoms with Crippen LogP contribution in [0.2, 0.25) is 0 Å². The average molecular weight is 353 g/mol. The van der Waals surface area contributed by atoms with E-state index in [-0.39, 0.29) is 23.5 Å². The minimum Gasteiger partial charge on any atom is -0.326 e. The highest BCUT2D eigenvalue weighted by Crippen LogP contribution is 2.21. The van der Waals surface area contributed by atoms with Gasteiger partial charge in [0.2, 0.25) is 5.91 Å². The van der Waals surface area contributed by atoms with Crippen LogP contribution in [0.25, 0.3) is 10.2 Å². The van der Waals surface area contributed by atoms with E-state index in [2.05, 4.69) is 10.3 Å². The van der Waals surface area contributed by atoms with Crippen molar-refractivity contribution in [2.24, 2.45) is 0 Å². The van der Waals surface area contributed by atoms with Gasteiger partial charge in [-0.05, 0) is 31.7 Å². The number of hydrogen-bond acceptors (Lipinski definition) is 6. The lowest BCUT2D eigenvalue weighted by molar-refractivity contribution is -0.116. The zero-order valence-electron chi connectivity index (χ0n) is 12.9. The molecule has 1 saturated heterocycles. The lowest BCUT2D eigenvalue weighted by Crippen LogP contribution is -2.35. The van der Waals surface area contributed by atoms with Crippen molar-refractivity contribution in [2.75, 3.05) is 30.4 Å². The molecule has 0 aliphatic carbocycles. The van der Waals surface area contributed by atoms with Gasteiger partial charge in [-0.3, -0.25) is 4.79 Å². The Morgan fingerprint density at radius 3 is 3.04 bits per heavy atom. The van der Waals surface area contributed by atoms with Crippen molar-refractivity contribution in [2.45, 2.75) is 18.9 Å². The van der Waals surface area contributed by atoms with E-state index in [9.17, 15) is 13.2 Å². The Hall–Kier alpha value is -1.51. The van der Waals surface area contributed by atoms with Crippen LogP contribution in [0.3, 0.4) is 0 Å². The molecule has 124 valence electrons. The number of nitrogens with one attached hydrogen (secondary N) is 1. The summed E-state index contributed by atoms with van der Waals surface area (Å²) in [5, 5.41) is 2.87. The average Bonchev–Trinajstić information content (AvgIpc) is 3.10. The summed E-state index contributed by atoms with van der Waals surface area (Å²) in [5.41, 5.74) is 3.39. The van der Waals surface area contributed by atoms with Crippen LogP contribution in [0.1, 0.15) is 12.8 Å². The number of aromatic nitrogens is 1. The molecule has 8 heteroatoms. The molecule has 1 aliphatic heterocycles. The van der Waals surface area contributed by atoms with E-state index in [4.69, 9.17) is 0 Å². The zero-order chi connectivity index (χ0) is 16.4. The van der Waals surface area contributed by atoms with Crippen molar-refractivity contribution in [1.82, 2.24) is 9.88 Å². The fourth-order valence-corrected chi connectivity index (χ4v) is 5.21. The van der Waals surface area contributed by atoms with Gasteiger partial charge >= 0.3 is 0 Å². The van der Waals surface area contributed by atoms with Gasteiger partial charge in [0.1, 0.15) is 0 Å². The molecule has 3 rings (SSSR count). The predicted octanol–water partition coefficient (Wildman–Crippen LogP) is 1.74. The van der Waals surface area contributed by atoms with Crippen molar-refractivity contribution in [3.05, 3.63) is 23.7 Å². The topological polar surface area (TPSA) is 79.4 Å². The maximum absolute atomic E-state index is 12.1. The van der Waals surface area contributed by atoms with E-state index in [1.165, 1.54) is 0 Å². The first-order valence-corrected chi connectivity index (χ1v) is 10.2. The van der Waals surface area contributed by atoms with Gasteiger partial charge in [-0.15, -0.1) is 11.3 Å². The number of sulfone groups is 1. The highest BCUT2D eigenvalue weighted by molar-refractivity contribution is 7.91. The number of thiazole rings is 1. The molecule has 1 fully saturated rings. The molecule has 1 aromatic heterocycles. The smallest absolute Gasteiger partial charge is 0.225 e. The molecular weight excluding hydrogens is 334 g/mol. The fourth-order valence-electron chi connectivity index (χ4n) is 2.74.